The second-order valence-electron chi connectivity index (χ2n) is 9.12. The first-order valence-electron chi connectivity index (χ1n) is 13.3. The van der Waals surface area contributed by atoms with Gasteiger partial charge in [-0.05, 0) is 6.42 Å². The van der Waals surface area contributed by atoms with E-state index < -0.39 is 49.1 Å². The highest BCUT2D eigenvalue weighted by Crippen LogP contribution is 2.13. The molecule has 0 aromatic rings. The Balaban J connectivity index is 4.11. The number of nitrogens with one attached hydrogen (secondary N) is 3. The summed E-state index contributed by atoms with van der Waals surface area (Å²) in [6.07, 6.45) is 15.9. The molecular formula is C25H47N3O7S. The van der Waals surface area contributed by atoms with Crippen molar-refractivity contribution in [3.8, 4) is 0 Å². The number of hydrogen-bond acceptors (Lipinski definition) is 7. The fourth-order valence-corrected chi connectivity index (χ4v) is 3.95. The Kier molecular flexibility index (Phi) is 21.2. The van der Waals surface area contributed by atoms with Gasteiger partial charge in [-0.3, -0.25) is 14.4 Å². The molecule has 0 saturated heterocycles. The zero-order valence-electron chi connectivity index (χ0n) is 21.7. The van der Waals surface area contributed by atoms with Gasteiger partial charge in [0.25, 0.3) is 0 Å². The molecule has 6 N–H and O–H groups in total. The zero-order chi connectivity index (χ0) is 27.2. The average molecular weight is 534 g/mol. The van der Waals surface area contributed by atoms with Crippen LogP contribution in [-0.4, -0.2) is 76.1 Å². The minimum absolute atomic E-state index is 0.0235. The monoisotopic (exact) mass is 533 g/mol. The Morgan fingerprint density at radius 2 is 1.06 bits per heavy atom. The topological polar surface area (TPSA) is 165 Å². The highest BCUT2D eigenvalue weighted by molar-refractivity contribution is 7.80. The third-order valence-electron chi connectivity index (χ3n) is 5.95. The van der Waals surface area contributed by atoms with Crippen LogP contribution in [0, 0.1) is 0 Å². The van der Waals surface area contributed by atoms with E-state index in [-0.39, 0.29) is 18.1 Å². The van der Waals surface area contributed by atoms with E-state index in [0.29, 0.717) is 6.42 Å². The molecule has 0 heterocycles. The van der Waals surface area contributed by atoms with Crippen LogP contribution in [0.1, 0.15) is 96.8 Å². The third kappa shape index (κ3) is 16.8. The van der Waals surface area contributed by atoms with Crippen LogP contribution in [0.5, 0.6) is 0 Å². The Morgan fingerprint density at radius 1 is 0.639 bits per heavy atom. The second kappa shape index (κ2) is 22.4. The SMILES string of the molecule is CCCCCCCCCCCCCCCC(=O)N[C@@H](CS)C(=O)N[C@@H](CO)C(=O)N[C@@H](CO)C(=O)O. The molecule has 210 valence electrons. The Bertz CT molecular complexity index is 637. The van der Waals surface area contributed by atoms with E-state index in [9.17, 15) is 24.3 Å². The smallest absolute Gasteiger partial charge is 0.328 e. The average Bonchev–Trinajstić information content (AvgIpc) is 2.86. The number of carboxylic acid groups (broad SMARTS) is 1. The van der Waals surface area contributed by atoms with Crippen LogP contribution in [0.3, 0.4) is 0 Å². The summed E-state index contributed by atoms with van der Waals surface area (Å²) in [5.41, 5.74) is 0. The van der Waals surface area contributed by atoms with Crippen molar-refractivity contribution in [2.24, 2.45) is 0 Å². The van der Waals surface area contributed by atoms with Crippen molar-refractivity contribution in [3.63, 3.8) is 0 Å². The second-order valence-corrected chi connectivity index (χ2v) is 9.49. The standard InChI is InChI=1S/C25H47N3O7S/c1-2-3-4-5-6-7-8-9-10-11-12-13-14-15-22(31)26-21(18-36)24(33)27-19(16-29)23(32)28-20(17-30)25(34)35/h19-21,29-30,36H,2-18H2,1H3,(H,26,31)(H,27,33)(H,28,32)(H,34,35)/t19-,20-,21-/m0/s1. The molecule has 0 rings (SSSR count). The van der Waals surface area contributed by atoms with Crippen molar-refractivity contribution < 1.29 is 34.5 Å². The lowest BCUT2D eigenvalue weighted by Gasteiger charge is -2.22. The van der Waals surface area contributed by atoms with E-state index in [1.165, 1.54) is 57.8 Å². The summed E-state index contributed by atoms with van der Waals surface area (Å²) in [4.78, 5) is 47.7. The van der Waals surface area contributed by atoms with Crippen LogP contribution >= 0.6 is 12.6 Å². The van der Waals surface area contributed by atoms with Gasteiger partial charge in [0, 0.05) is 12.2 Å². The van der Waals surface area contributed by atoms with Gasteiger partial charge >= 0.3 is 5.97 Å². The molecule has 3 amide bonds. The molecular weight excluding hydrogens is 486 g/mol. The van der Waals surface area contributed by atoms with Gasteiger partial charge in [0.1, 0.15) is 18.1 Å². The van der Waals surface area contributed by atoms with Crippen LogP contribution < -0.4 is 16.0 Å². The molecule has 36 heavy (non-hydrogen) atoms. The predicted molar refractivity (Wildman–Crippen MR) is 142 cm³/mol. The van der Waals surface area contributed by atoms with Gasteiger partial charge in [0.15, 0.2) is 0 Å². The van der Waals surface area contributed by atoms with Crippen LogP contribution in [0.2, 0.25) is 0 Å². The maximum atomic E-state index is 12.4. The number of thiol groups is 1. The van der Waals surface area contributed by atoms with E-state index in [4.69, 9.17) is 10.2 Å². The van der Waals surface area contributed by atoms with Crippen molar-refractivity contribution in [3.05, 3.63) is 0 Å². The lowest BCUT2D eigenvalue weighted by Crippen LogP contribution is -2.57. The number of aliphatic hydroxyl groups is 2. The largest absolute Gasteiger partial charge is 0.480 e. The molecule has 0 saturated carbocycles. The number of aliphatic carboxylic acids is 1. The Hall–Kier alpha value is -1.85. The van der Waals surface area contributed by atoms with Crippen molar-refractivity contribution in [1.82, 2.24) is 16.0 Å². The van der Waals surface area contributed by atoms with E-state index >= 15 is 0 Å². The van der Waals surface area contributed by atoms with Gasteiger partial charge in [-0.25, -0.2) is 4.79 Å². The maximum Gasteiger partial charge on any atom is 0.328 e. The van der Waals surface area contributed by atoms with E-state index in [1.54, 1.807) is 0 Å². The fraction of sp³-hybridized carbons (Fsp3) is 0.840. The normalized spacial score (nSPS) is 13.4. The lowest BCUT2D eigenvalue weighted by molar-refractivity contribution is -0.143. The quantitative estimate of drug-likeness (QED) is 0.0778. The maximum absolute atomic E-state index is 12.4. The number of hydrogen-bond donors (Lipinski definition) is 7. The van der Waals surface area contributed by atoms with Crippen LogP contribution in [0.15, 0.2) is 0 Å². The van der Waals surface area contributed by atoms with E-state index in [2.05, 4.69) is 30.2 Å². The fourth-order valence-electron chi connectivity index (χ4n) is 3.69. The predicted octanol–water partition coefficient (Wildman–Crippen LogP) is 1.92. The summed E-state index contributed by atoms with van der Waals surface area (Å²) < 4.78 is 0. The molecule has 11 heteroatoms. The molecule has 10 nitrogen and oxygen atoms in total. The molecule has 0 aliphatic rings. The number of amides is 3. The molecule has 0 radical (unpaired) electrons. The van der Waals surface area contributed by atoms with Crippen LogP contribution in [-0.2, 0) is 19.2 Å². The summed E-state index contributed by atoms with van der Waals surface area (Å²) in [7, 11) is 0. The molecule has 0 aliphatic heterocycles. The lowest BCUT2D eigenvalue weighted by atomic mass is 10.0. The van der Waals surface area contributed by atoms with Crippen molar-refractivity contribution in [2.45, 2.75) is 115 Å². The molecule has 0 spiro atoms. The number of aliphatic hydroxyl groups excluding tert-OH is 2. The summed E-state index contributed by atoms with van der Waals surface area (Å²) in [5, 5.41) is 34.2. The van der Waals surface area contributed by atoms with E-state index in [1.807, 2.05) is 5.32 Å². The first kappa shape index (κ1) is 34.1. The Morgan fingerprint density at radius 3 is 1.47 bits per heavy atom. The minimum atomic E-state index is -1.57. The number of rotatable bonds is 23. The van der Waals surface area contributed by atoms with Gasteiger partial charge in [0.05, 0.1) is 13.2 Å². The third-order valence-corrected chi connectivity index (χ3v) is 6.32. The zero-order valence-corrected chi connectivity index (χ0v) is 22.6. The van der Waals surface area contributed by atoms with Gasteiger partial charge in [-0.15, -0.1) is 0 Å². The van der Waals surface area contributed by atoms with Crippen LogP contribution in [0.25, 0.3) is 0 Å². The van der Waals surface area contributed by atoms with Crippen molar-refractivity contribution in [1.29, 1.82) is 0 Å². The van der Waals surface area contributed by atoms with Gasteiger partial charge < -0.3 is 31.3 Å². The molecule has 0 aliphatic carbocycles. The molecule has 0 aromatic heterocycles. The number of carboxylic acids is 1. The van der Waals surface area contributed by atoms with Gasteiger partial charge in [-0.1, -0.05) is 84.0 Å². The van der Waals surface area contributed by atoms with Crippen molar-refractivity contribution in [2.75, 3.05) is 19.0 Å². The first-order chi connectivity index (χ1) is 17.3. The highest BCUT2D eigenvalue weighted by atomic mass is 32.1. The summed E-state index contributed by atoms with van der Waals surface area (Å²) in [6.45, 7) is 0.593. The van der Waals surface area contributed by atoms with Crippen LogP contribution in [0.4, 0.5) is 0 Å². The van der Waals surface area contributed by atoms with Crippen molar-refractivity contribution >= 4 is 36.3 Å². The number of unbranched alkanes of at least 4 members (excludes halogenated alkanes) is 12. The molecule has 0 fully saturated rings. The summed E-state index contributed by atoms with van der Waals surface area (Å²) >= 11 is 4.07. The molecule has 0 unspecified atom stereocenters. The highest BCUT2D eigenvalue weighted by Gasteiger charge is 2.28. The molecule has 3 atom stereocenters. The number of carbonyl (C=O) groups excluding carboxylic acids is 3. The number of carbonyl (C=O) groups is 4. The molecule has 0 aromatic carbocycles. The molecule has 0 bridgehead atoms. The summed E-state index contributed by atoms with van der Waals surface area (Å²) in [5.74, 6) is -3.48. The Labute approximate surface area is 220 Å². The first-order valence-corrected chi connectivity index (χ1v) is 13.9. The minimum Gasteiger partial charge on any atom is -0.480 e. The van der Waals surface area contributed by atoms with Gasteiger partial charge in [0.2, 0.25) is 17.7 Å². The summed E-state index contributed by atoms with van der Waals surface area (Å²) in [6, 6.07) is -4.02. The van der Waals surface area contributed by atoms with E-state index in [0.717, 1.165) is 19.3 Å². The van der Waals surface area contributed by atoms with Gasteiger partial charge in [-0.2, -0.15) is 12.6 Å².